The Morgan fingerprint density at radius 3 is 3.00 bits per heavy atom. The fourth-order valence-corrected chi connectivity index (χ4v) is 1.11. The Morgan fingerprint density at radius 2 is 2.55 bits per heavy atom. The summed E-state index contributed by atoms with van der Waals surface area (Å²) in [4.78, 5) is 10.8. The molecule has 2 unspecified atom stereocenters. The van der Waals surface area contributed by atoms with Crippen LogP contribution in [0.25, 0.3) is 0 Å². The Morgan fingerprint density at radius 1 is 1.82 bits per heavy atom. The first kappa shape index (κ1) is 8.49. The maximum Gasteiger partial charge on any atom is 0.335 e. The highest BCUT2D eigenvalue weighted by Gasteiger charge is 2.29. The monoisotopic (exact) mass is 160 g/mol. The van der Waals surface area contributed by atoms with Crippen LogP contribution in [0.5, 0.6) is 0 Å². The van der Waals surface area contributed by atoms with Crippen LogP contribution in [0.3, 0.4) is 0 Å². The molecule has 1 rings (SSSR count). The minimum atomic E-state index is -1.01. The molecule has 0 radical (unpaired) electrons. The molecule has 0 saturated carbocycles. The van der Waals surface area contributed by atoms with E-state index >= 15 is 0 Å². The van der Waals surface area contributed by atoms with Gasteiger partial charge in [-0.1, -0.05) is 0 Å². The topological polar surface area (TPSA) is 55.8 Å². The SMILES string of the molecule is COC(=O)C(O)C1CCOC1. The van der Waals surface area contributed by atoms with E-state index in [4.69, 9.17) is 4.74 Å². The molecule has 64 valence electrons. The van der Waals surface area contributed by atoms with Crippen molar-refractivity contribution >= 4 is 5.97 Å². The molecule has 0 bridgehead atoms. The van der Waals surface area contributed by atoms with E-state index in [1.165, 1.54) is 7.11 Å². The highest BCUT2D eigenvalue weighted by atomic mass is 16.5. The van der Waals surface area contributed by atoms with Crippen molar-refractivity contribution < 1.29 is 19.4 Å². The third kappa shape index (κ3) is 1.91. The number of carbonyl (C=O) groups excluding carboxylic acids is 1. The molecule has 4 nitrogen and oxygen atoms in total. The van der Waals surface area contributed by atoms with Gasteiger partial charge in [0.05, 0.1) is 13.7 Å². The van der Waals surface area contributed by atoms with E-state index in [0.29, 0.717) is 13.2 Å². The van der Waals surface area contributed by atoms with Crippen LogP contribution in [0, 0.1) is 5.92 Å². The molecule has 11 heavy (non-hydrogen) atoms. The number of rotatable bonds is 2. The highest BCUT2D eigenvalue weighted by molar-refractivity contribution is 5.74. The van der Waals surface area contributed by atoms with Gasteiger partial charge < -0.3 is 14.6 Å². The van der Waals surface area contributed by atoms with Crippen molar-refractivity contribution in [3.8, 4) is 0 Å². The third-order valence-corrected chi connectivity index (χ3v) is 1.85. The fraction of sp³-hybridized carbons (Fsp3) is 0.857. The second-order valence-corrected chi connectivity index (χ2v) is 2.59. The average molecular weight is 160 g/mol. The van der Waals surface area contributed by atoms with Gasteiger partial charge in [-0.2, -0.15) is 0 Å². The molecular weight excluding hydrogens is 148 g/mol. The summed E-state index contributed by atoms with van der Waals surface area (Å²) in [6.45, 7) is 1.08. The molecule has 1 N–H and O–H groups in total. The van der Waals surface area contributed by atoms with E-state index in [2.05, 4.69) is 4.74 Å². The molecule has 0 aliphatic carbocycles. The van der Waals surface area contributed by atoms with E-state index in [9.17, 15) is 9.90 Å². The largest absolute Gasteiger partial charge is 0.467 e. The molecule has 0 aromatic carbocycles. The zero-order valence-electron chi connectivity index (χ0n) is 6.45. The number of esters is 1. The zero-order chi connectivity index (χ0) is 8.27. The lowest BCUT2D eigenvalue weighted by Gasteiger charge is -2.12. The molecule has 1 aliphatic rings. The van der Waals surface area contributed by atoms with Crippen molar-refractivity contribution in [1.29, 1.82) is 0 Å². The maximum atomic E-state index is 10.8. The standard InChI is InChI=1S/C7H12O4/c1-10-7(9)6(8)5-2-3-11-4-5/h5-6,8H,2-4H2,1H3. The third-order valence-electron chi connectivity index (χ3n) is 1.85. The van der Waals surface area contributed by atoms with Crippen molar-refractivity contribution in [1.82, 2.24) is 0 Å². The van der Waals surface area contributed by atoms with Gasteiger partial charge in [-0.05, 0) is 6.42 Å². The normalized spacial score (nSPS) is 26.5. The minimum absolute atomic E-state index is 0.0811. The summed E-state index contributed by atoms with van der Waals surface area (Å²) >= 11 is 0. The van der Waals surface area contributed by atoms with Gasteiger partial charge in [0, 0.05) is 12.5 Å². The molecular formula is C7H12O4. The Hall–Kier alpha value is -0.610. The number of aliphatic hydroxyl groups excluding tert-OH is 1. The van der Waals surface area contributed by atoms with Crippen LogP contribution in [0.4, 0.5) is 0 Å². The first-order valence-corrected chi connectivity index (χ1v) is 3.59. The molecule has 2 atom stereocenters. The summed E-state index contributed by atoms with van der Waals surface area (Å²) < 4.78 is 9.39. The number of aliphatic hydroxyl groups is 1. The lowest BCUT2D eigenvalue weighted by molar-refractivity contribution is -0.153. The molecule has 0 amide bonds. The van der Waals surface area contributed by atoms with Crippen molar-refractivity contribution in [2.75, 3.05) is 20.3 Å². The first-order chi connectivity index (χ1) is 5.25. The van der Waals surface area contributed by atoms with Gasteiger partial charge in [-0.25, -0.2) is 4.79 Å². The van der Waals surface area contributed by atoms with E-state index in [0.717, 1.165) is 6.42 Å². The fourth-order valence-electron chi connectivity index (χ4n) is 1.11. The number of ether oxygens (including phenoxy) is 2. The molecule has 4 heteroatoms. The van der Waals surface area contributed by atoms with Gasteiger partial charge in [0.1, 0.15) is 0 Å². The van der Waals surface area contributed by atoms with E-state index < -0.39 is 12.1 Å². The lowest BCUT2D eigenvalue weighted by atomic mass is 10.0. The van der Waals surface area contributed by atoms with Gasteiger partial charge in [-0.3, -0.25) is 0 Å². The Balaban J connectivity index is 2.39. The summed E-state index contributed by atoms with van der Waals surface area (Å²) in [5, 5.41) is 9.26. The molecule has 0 aromatic rings. The summed E-state index contributed by atoms with van der Waals surface area (Å²) in [6.07, 6.45) is -0.279. The van der Waals surface area contributed by atoms with Crippen LogP contribution in [0.2, 0.25) is 0 Å². The summed E-state index contributed by atoms with van der Waals surface area (Å²) in [7, 11) is 1.27. The van der Waals surface area contributed by atoms with Gasteiger partial charge in [0.2, 0.25) is 0 Å². The second kappa shape index (κ2) is 3.69. The molecule has 1 fully saturated rings. The molecule has 1 aliphatic heterocycles. The number of carbonyl (C=O) groups is 1. The molecule has 1 heterocycles. The maximum absolute atomic E-state index is 10.8. The van der Waals surface area contributed by atoms with E-state index in [1.54, 1.807) is 0 Å². The summed E-state index contributed by atoms with van der Waals surface area (Å²) in [5.41, 5.74) is 0. The Labute approximate surface area is 65.1 Å². The smallest absolute Gasteiger partial charge is 0.335 e. The summed E-state index contributed by atoms with van der Waals surface area (Å²) in [5.74, 6) is -0.650. The van der Waals surface area contributed by atoms with Crippen LogP contribution in [0.1, 0.15) is 6.42 Å². The molecule has 0 spiro atoms. The van der Waals surface area contributed by atoms with E-state index in [1.807, 2.05) is 0 Å². The molecule has 1 saturated heterocycles. The van der Waals surface area contributed by atoms with Crippen LogP contribution < -0.4 is 0 Å². The van der Waals surface area contributed by atoms with Crippen molar-refractivity contribution in [3.05, 3.63) is 0 Å². The van der Waals surface area contributed by atoms with Gasteiger partial charge in [-0.15, -0.1) is 0 Å². The zero-order valence-corrected chi connectivity index (χ0v) is 6.45. The van der Waals surface area contributed by atoms with Gasteiger partial charge >= 0.3 is 5.97 Å². The molecule has 0 aromatic heterocycles. The second-order valence-electron chi connectivity index (χ2n) is 2.59. The van der Waals surface area contributed by atoms with Crippen LogP contribution >= 0.6 is 0 Å². The van der Waals surface area contributed by atoms with Crippen molar-refractivity contribution in [2.45, 2.75) is 12.5 Å². The predicted octanol–water partition coefficient (Wildman–Crippen LogP) is -0.443. The predicted molar refractivity (Wildman–Crippen MR) is 36.9 cm³/mol. The van der Waals surface area contributed by atoms with Crippen LogP contribution in [-0.2, 0) is 14.3 Å². The lowest BCUT2D eigenvalue weighted by Crippen LogP contribution is -2.30. The van der Waals surface area contributed by atoms with Crippen LogP contribution in [-0.4, -0.2) is 37.5 Å². The van der Waals surface area contributed by atoms with E-state index in [-0.39, 0.29) is 5.92 Å². The Bertz CT molecular complexity index is 139. The van der Waals surface area contributed by atoms with Crippen molar-refractivity contribution in [3.63, 3.8) is 0 Å². The number of hydrogen-bond acceptors (Lipinski definition) is 4. The Kier molecular flexibility index (Phi) is 2.84. The van der Waals surface area contributed by atoms with Crippen LogP contribution in [0.15, 0.2) is 0 Å². The first-order valence-electron chi connectivity index (χ1n) is 3.59. The average Bonchev–Trinajstić information content (AvgIpc) is 2.53. The summed E-state index contributed by atoms with van der Waals surface area (Å²) in [6, 6.07) is 0. The van der Waals surface area contributed by atoms with Gasteiger partial charge in [0.25, 0.3) is 0 Å². The van der Waals surface area contributed by atoms with Crippen molar-refractivity contribution in [2.24, 2.45) is 5.92 Å². The highest BCUT2D eigenvalue weighted by Crippen LogP contribution is 2.17. The quantitative estimate of drug-likeness (QED) is 0.556. The number of hydrogen-bond donors (Lipinski definition) is 1. The van der Waals surface area contributed by atoms with Gasteiger partial charge in [0.15, 0.2) is 6.10 Å². The minimum Gasteiger partial charge on any atom is -0.467 e. The number of methoxy groups -OCH3 is 1.